The highest BCUT2D eigenvalue weighted by atomic mass is 79.9. The van der Waals surface area contributed by atoms with Crippen molar-refractivity contribution in [3.63, 3.8) is 0 Å². The van der Waals surface area contributed by atoms with Crippen molar-refractivity contribution in [1.82, 2.24) is 14.9 Å². The summed E-state index contributed by atoms with van der Waals surface area (Å²) in [7, 11) is 4.02. The molecule has 0 unspecified atom stereocenters. The Kier molecular flexibility index (Phi) is 3.88. The molecule has 3 nitrogen and oxygen atoms in total. The molecule has 0 radical (unpaired) electrons. The van der Waals surface area contributed by atoms with Crippen LogP contribution in [0.25, 0.3) is 11.3 Å². The van der Waals surface area contributed by atoms with E-state index in [-0.39, 0.29) is 0 Å². The van der Waals surface area contributed by atoms with Gasteiger partial charge in [0.15, 0.2) is 0 Å². The Balaban J connectivity index is 2.63. The molecule has 2 aromatic rings. The third-order valence-corrected chi connectivity index (χ3v) is 3.73. The lowest BCUT2D eigenvalue weighted by Crippen LogP contribution is -2.10. The zero-order chi connectivity index (χ0) is 13.3. The third-order valence-electron chi connectivity index (χ3n) is 3.24. The second-order valence-electron chi connectivity index (χ2n) is 4.50. The van der Waals surface area contributed by atoms with E-state index in [4.69, 9.17) is 4.98 Å². The van der Waals surface area contributed by atoms with Crippen LogP contribution in [0.3, 0.4) is 0 Å². The zero-order valence-corrected chi connectivity index (χ0v) is 12.8. The summed E-state index contributed by atoms with van der Waals surface area (Å²) in [5, 5.41) is 3.21. The Labute approximate surface area is 116 Å². The van der Waals surface area contributed by atoms with Crippen LogP contribution in [0.5, 0.6) is 0 Å². The second kappa shape index (κ2) is 5.24. The van der Waals surface area contributed by atoms with Gasteiger partial charge < -0.3 is 9.88 Å². The van der Waals surface area contributed by atoms with Crippen LogP contribution in [0.2, 0.25) is 0 Å². The second-order valence-corrected chi connectivity index (χ2v) is 5.42. The Hall–Kier alpha value is -1.13. The highest BCUT2D eigenvalue weighted by molar-refractivity contribution is 9.10. The molecule has 0 spiro atoms. The molecular weight excluding hydrogens is 290 g/mol. The molecule has 4 heteroatoms. The van der Waals surface area contributed by atoms with Gasteiger partial charge in [0.25, 0.3) is 0 Å². The van der Waals surface area contributed by atoms with Crippen LogP contribution < -0.4 is 5.32 Å². The number of halogens is 1. The highest BCUT2D eigenvalue weighted by Gasteiger charge is 2.15. The average Bonchev–Trinajstić information content (AvgIpc) is 2.61. The molecule has 2 rings (SSSR count). The molecule has 0 aliphatic heterocycles. The summed E-state index contributed by atoms with van der Waals surface area (Å²) in [5.41, 5.74) is 4.73. The van der Waals surface area contributed by atoms with Crippen molar-refractivity contribution >= 4 is 15.9 Å². The number of aromatic nitrogens is 2. The first kappa shape index (κ1) is 13.3. The van der Waals surface area contributed by atoms with E-state index in [1.807, 2.05) is 14.0 Å². The predicted molar refractivity (Wildman–Crippen MR) is 78.6 cm³/mol. The lowest BCUT2D eigenvalue weighted by atomic mass is 10.0. The van der Waals surface area contributed by atoms with Crippen LogP contribution in [-0.4, -0.2) is 16.6 Å². The molecular formula is C14H18BrN3. The van der Waals surface area contributed by atoms with Crippen molar-refractivity contribution in [3.05, 3.63) is 39.8 Å². The number of rotatable bonds is 3. The minimum Gasteiger partial charge on any atom is -0.334 e. The van der Waals surface area contributed by atoms with Crippen LogP contribution in [0, 0.1) is 13.8 Å². The number of nitrogens with one attached hydrogen (secondary N) is 1. The molecule has 0 atom stereocenters. The molecule has 1 aromatic heterocycles. The van der Waals surface area contributed by atoms with E-state index in [0.29, 0.717) is 0 Å². The monoisotopic (exact) mass is 307 g/mol. The van der Waals surface area contributed by atoms with Gasteiger partial charge in [-0.1, -0.05) is 22.0 Å². The fourth-order valence-corrected chi connectivity index (χ4v) is 2.45. The lowest BCUT2D eigenvalue weighted by molar-refractivity contribution is 0.722. The average molecular weight is 308 g/mol. The van der Waals surface area contributed by atoms with Gasteiger partial charge >= 0.3 is 0 Å². The van der Waals surface area contributed by atoms with Gasteiger partial charge in [0.1, 0.15) is 5.82 Å². The quantitative estimate of drug-likeness (QED) is 0.944. The zero-order valence-electron chi connectivity index (χ0n) is 11.2. The fraction of sp³-hybridized carbons (Fsp3) is 0.357. The summed E-state index contributed by atoms with van der Waals surface area (Å²) in [5.74, 6) is 1.04. The first-order chi connectivity index (χ1) is 8.54. The van der Waals surface area contributed by atoms with Crippen molar-refractivity contribution in [2.45, 2.75) is 20.4 Å². The van der Waals surface area contributed by atoms with Crippen molar-refractivity contribution in [2.75, 3.05) is 7.05 Å². The Morgan fingerprint density at radius 2 is 2.06 bits per heavy atom. The maximum absolute atomic E-state index is 4.70. The minimum atomic E-state index is 0.818. The van der Waals surface area contributed by atoms with E-state index in [9.17, 15) is 0 Å². The van der Waals surface area contributed by atoms with Gasteiger partial charge in [-0.05, 0) is 38.6 Å². The van der Waals surface area contributed by atoms with Gasteiger partial charge in [0, 0.05) is 23.6 Å². The van der Waals surface area contributed by atoms with Gasteiger partial charge in [-0.15, -0.1) is 0 Å². The molecule has 0 fully saturated rings. The molecule has 0 aliphatic carbocycles. The summed E-state index contributed by atoms with van der Waals surface area (Å²) in [6, 6.07) is 6.31. The van der Waals surface area contributed by atoms with Crippen LogP contribution >= 0.6 is 15.9 Å². The van der Waals surface area contributed by atoms with Crippen LogP contribution in [0.15, 0.2) is 22.7 Å². The molecule has 0 amide bonds. The van der Waals surface area contributed by atoms with Crippen molar-refractivity contribution in [1.29, 1.82) is 0 Å². The normalized spacial score (nSPS) is 10.9. The number of hydrogen-bond donors (Lipinski definition) is 1. The Morgan fingerprint density at radius 1 is 1.33 bits per heavy atom. The summed E-state index contributed by atoms with van der Waals surface area (Å²) in [6.45, 7) is 4.98. The minimum absolute atomic E-state index is 0.818. The molecule has 1 heterocycles. The van der Waals surface area contributed by atoms with E-state index in [2.05, 4.69) is 58.0 Å². The maximum Gasteiger partial charge on any atom is 0.106 e. The lowest BCUT2D eigenvalue weighted by Gasteiger charge is -2.08. The number of nitrogens with zero attached hydrogens (tertiary/aromatic N) is 2. The number of benzene rings is 1. The van der Waals surface area contributed by atoms with Gasteiger partial charge in [0.2, 0.25) is 0 Å². The Bertz CT molecular complexity index is 573. The molecule has 0 saturated carbocycles. The summed E-state index contributed by atoms with van der Waals surface area (Å²) >= 11 is 3.53. The van der Waals surface area contributed by atoms with Gasteiger partial charge in [-0.3, -0.25) is 0 Å². The van der Waals surface area contributed by atoms with Crippen LogP contribution in [-0.2, 0) is 13.6 Å². The van der Waals surface area contributed by atoms with E-state index in [0.717, 1.165) is 22.5 Å². The summed E-state index contributed by atoms with van der Waals surface area (Å²) in [4.78, 5) is 4.70. The predicted octanol–water partition coefficient (Wildman–Crippen LogP) is 3.19. The van der Waals surface area contributed by atoms with Gasteiger partial charge in [-0.25, -0.2) is 4.98 Å². The first-order valence-corrected chi connectivity index (χ1v) is 6.77. The molecule has 1 N–H and O–H groups in total. The van der Waals surface area contributed by atoms with Crippen molar-refractivity contribution < 1.29 is 0 Å². The number of hydrogen-bond acceptors (Lipinski definition) is 2. The summed E-state index contributed by atoms with van der Waals surface area (Å²) in [6.07, 6.45) is 0. The number of aryl methyl sites for hydroxylation is 2. The fourth-order valence-electron chi connectivity index (χ4n) is 2.09. The Morgan fingerprint density at radius 3 is 2.72 bits per heavy atom. The standard InChI is InChI=1S/C14H18BrN3/c1-9-5-6-11(15)7-12(9)14-13(8-16-3)18(4)10(2)17-14/h5-7,16H,8H2,1-4H3. The third kappa shape index (κ3) is 2.35. The van der Waals surface area contributed by atoms with Crippen molar-refractivity contribution in [3.8, 4) is 11.3 Å². The van der Waals surface area contributed by atoms with E-state index in [1.54, 1.807) is 0 Å². The van der Waals surface area contributed by atoms with Gasteiger partial charge in [-0.2, -0.15) is 0 Å². The van der Waals surface area contributed by atoms with Crippen LogP contribution in [0.4, 0.5) is 0 Å². The molecule has 1 aromatic carbocycles. The maximum atomic E-state index is 4.70. The number of imidazole rings is 1. The molecule has 0 saturated heterocycles. The van der Waals surface area contributed by atoms with Crippen LogP contribution in [0.1, 0.15) is 17.1 Å². The first-order valence-electron chi connectivity index (χ1n) is 5.98. The van der Waals surface area contributed by atoms with E-state index < -0.39 is 0 Å². The molecule has 96 valence electrons. The largest absolute Gasteiger partial charge is 0.334 e. The highest BCUT2D eigenvalue weighted by Crippen LogP contribution is 2.29. The topological polar surface area (TPSA) is 29.9 Å². The molecule has 0 bridgehead atoms. The SMILES string of the molecule is CNCc1c(-c2cc(Br)ccc2C)nc(C)n1C. The summed E-state index contributed by atoms with van der Waals surface area (Å²) < 4.78 is 3.23. The van der Waals surface area contributed by atoms with Crippen molar-refractivity contribution in [2.24, 2.45) is 7.05 Å². The van der Waals surface area contributed by atoms with Gasteiger partial charge in [0.05, 0.1) is 11.4 Å². The smallest absolute Gasteiger partial charge is 0.106 e. The van der Waals surface area contributed by atoms with E-state index >= 15 is 0 Å². The molecule has 18 heavy (non-hydrogen) atoms. The van der Waals surface area contributed by atoms with E-state index in [1.165, 1.54) is 16.8 Å². The molecule has 0 aliphatic rings.